The molecule has 0 spiro atoms. The van der Waals surface area contributed by atoms with Gasteiger partial charge in [-0.15, -0.1) is 0 Å². The molecular formula is C20H23ClN6O. The van der Waals surface area contributed by atoms with Gasteiger partial charge in [0.25, 0.3) is 0 Å². The summed E-state index contributed by atoms with van der Waals surface area (Å²) in [6.45, 7) is 3.55. The number of imidazole rings is 1. The Labute approximate surface area is 168 Å². The fourth-order valence-electron chi connectivity index (χ4n) is 4.06. The van der Waals surface area contributed by atoms with E-state index in [0.29, 0.717) is 11.2 Å². The summed E-state index contributed by atoms with van der Waals surface area (Å²) in [5.74, 6) is 0. The first-order valence-corrected chi connectivity index (χ1v) is 10.3. The second-order valence-corrected chi connectivity index (χ2v) is 7.95. The number of fused-ring (bicyclic) bond motifs is 2. The number of hydrogen-bond donors (Lipinski definition) is 1. The van der Waals surface area contributed by atoms with Crippen LogP contribution in [0, 0.1) is 6.92 Å². The molecule has 0 saturated carbocycles. The van der Waals surface area contributed by atoms with Crippen LogP contribution in [0.2, 0.25) is 5.15 Å². The van der Waals surface area contributed by atoms with E-state index in [9.17, 15) is 0 Å². The van der Waals surface area contributed by atoms with Gasteiger partial charge in [-0.05, 0) is 45.4 Å². The van der Waals surface area contributed by atoms with Crippen LogP contribution in [0.3, 0.4) is 0 Å². The number of rotatable bonds is 3. The van der Waals surface area contributed by atoms with Crippen LogP contribution < -0.4 is 5.32 Å². The lowest BCUT2D eigenvalue weighted by Gasteiger charge is -2.24. The van der Waals surface area contributed by atoms with Gasteiger partial charge in [-0.25, -0.2) is 14.5 Å². The molecule has 4 heterocycles. The van der Waals surface area contributed by atoms with Crippen molar-refractivity contribution in [1.82, 2.24) is 24.6 Å². The summed E-state index contributed by atoms with van der Waals surface area (Å²) >= 11 is 6.27. The maximum atomic E-state index is 6.27. The van der Waals surface area contributed by atoms with Crippen LogP contribution in [0.5, 0.6) is 0 Å². The summed E-state index contributed by atoms with van der Waals surface area (Å²) in [5, 5.41) is 8.40. The smallest absolute Gasteiger partial charge is 0.177 e. The highest BCUT2D eigenvalue weighted by atomic mass is 35.5. The Hall–Kier alpha value is -2.25. The molecule has 3 aromatic heterocycles. The molecule has 5 rings (SSSR count). The van der Waals surface area contributed by atoms with E-state index in [2.05, 4.69) is 10.4 Å². The molecule has 1 aliphatic carbocycles. The lowest BCUT2D eigenvalue weighted by atomic mass is 10.00. The Bertz CT molecular complexity index is 1030. The van der Waals surface area contributed by atoms with Crippen molar-refractivity contribution in [2.45, 2.75) is 51.5 Å². The highest BCUT2D eigenvalue weighted by Crippen LogP contribution is 2.28. The Balaban J connectivity index is 1.55. The molecular weight excluding hydrogens is 376 g/mol. The van der Waals surface area contributed by atoms with Crippen molar-refractivity contribution in [3.8, 4) is 11.4 Å². The van der Waals surface area contributed by atoms with Crippen molar-refractivity contribution < 1.29 is 4.74 Å². The van der Waals surface area contributed by atoms with Crippen molar-refractivity contribution in [1.29, 1.82) is 0 Å². The normalized spacial score (nSPS) is 17.6. The van der Waals surface area contributed by atoms with E-state index in [1.54, 1.807) is 4.52 Å². The van der Waals surface area contributed by atoms with Gasteiger partial charge in [0, 0.05) is 25.3 Å². The first-order chi connectivity index (χ1) is 13.7. The van der Waals surface area contributed by atoms with Crippen LogP contribution in [0.25, 0.3) is 17.0 Å². The summed E-state index contributed by atoms with van der Waals surface area (Å²) in [7, 11) is 0. The maximum absolute atomic E-state index is 6.27. The molecule has 1 saturated heterocycles. The lowest BCUT2D eigenvalue weighted by molar-refractivity contribution is 0.0904. The Morgan fingerprint density at radius 3 is 2.64 bits per heavy atom. The topological polar surface area (TPSA) is 77.2 Å². The number of anilines is 1. The van der Waals surface area contributed by atoms with E-state index in [1.165, 1.54) is 12.8 Å². The second-order valence-electron chi connectivity index (χ2n) is 7.56. The van der Waals surface area contributed by atoms with E-state index in [1.807, 2.05) is 19.2 Å². The van der Waals surface area contributed by atoms with Gasteiger partial charge < -0.3 is 10.1 Å². The van der Waals surface area contributed by atoms with E-state index < -0.39 is 0 Å². The summed E-state index contributed by atoms with van der Waals surface area (Å²) in [4.78, 5) is 14.6. The van der Waals surface area contributed by atoms with Gasteiger partial charge in [0.15, 0.2) is 10.8 Å². The summed E-state index contributed by atoms with van der Waals surface area (Å²) < 4.78 is 7.19. The molecule has 2 aliphatic rings. The zero-order valence-corrected chi connectivity index (χ0v) is 16.7. The molecule has 0 amide bonds. The molecule has 1 N–H and O–H groups in total. The van der Waals surface area contributed by atoms with E-state index >= 15 is 0 Å². The number of ether oxygens (including phenoxy) is 1. The molecule has 7 nitrogen and oxygen atoms in total. The molecule has 3 aromatic rings. The van der Waals surface area contributed by atoms with Gasteiger partial charge in [-0.1, -0.05) is 11.6 Å². The minimum Gasteiger partial charge on any atom is -0.381 e. The van der Waals surface area contributed by atoms with Crippen molar-refractivity contribution in [2.75, 3.05) is 18.5 Å². The third-order valence-electron chi connectivity index (χ3n) is 5.52. The fraction of sp³-hybridized carbons (Fsp3) is 0.500. The molecule has 0 radical (unpaired) electrons. The molecule has 8 heteroatoms. The molecule has 146 valence electrons. The summed E-state index contributed by atoms with van der Waals surface area (Å²) in [6, 6.07) is 2.19. The molecule has 1 fully saturated rings. The van der Waals surface area contributed by atoms with Gasteiger partial charge >= 0.3 is 0 Å². The van der Waals surface area contributed by atoms with Crippen molar-refractivity contribution in [2.24, 2.45) is 0 Å². The fourth-order valence-corrected chi connectivity index (χ4v) is 4.25. The maximum Gasteiger partial charge on any atom is 0.177 e. The van der Waals surface area contributed by atoms with E-state index in [0.717, 1.165) is 78.7 Å². The number of aromatic nitrogens is 5. The third-order valence-corrected chi connectivity index (χ3v) is 5.71. The predicted octanol–water partition coefficient (Wildman–Crippen LogP) is 3.62. The number of hydrogen-bond acceptors (Lipinski definition) is 6. The molecule has 0 bridgehead atoms. The van der Waals surface area contributed by atoms with Gasteiger partial charge in [-0.2, -0.15) is 5.10 Å². The van der Waals surface area contributed by atoms with Gasteiger partial charge in [0.1, 0.15) is 11.4 Å². The number of aryl methyl sites for hydroxylation is 3. The van der Waals surface area contributed by atoms with Gasteiger partial charge in [-0.3, -0.25) is 4.98 Å². The Kier molecular flexibility index (Phi) is 4.64. The highest BCUT2D eigenvalue weighted by molar-refractivity contribution is 6.29. The SMILES string of the molecule is Cc1nc2c(nc1-c1cn3nc(Cl)cc(NC4CCOCC4)c3n1)CCCC2. The molecule has 28 heavy (non-hydrogen) atoms. The largest absolute Gasteiger partial charge is 0.381 e. The van der Waals surface area contributed by atoms with Crippen LogP contribution >= 0.6 is 11.6 Å². The van der Waals surface area contributed by atoms with Crippen molar-refractivity contribution in [3.63, 3.8) is 0 Å². The standard InChI is InChI=1S/C20H23ClN6O/c1-12-19(24-15-5-3-2-4-14(15)22-12)17-11-27-20(25-17)16(10-18(21)26-27)23-13-6-8-28-9-7-13/h10-11,13,23H,2-9H2,1H3. The predicted molar refractivity (Wildman–Crippen MR) is 108 cm³/mol. The minimum atomic E-state index is 0.349. The van der Waals surface area contributed by atoms with Crippen LogP contribution in [-0.4, -0.2) is 43.8 Å². The summed E-state index contributed by atoms with van der Waals surface area (Å²) in [6.07, 6.45) is 8.20. The van der Waals surface area contributed by atoms with Gasteiger partial charge in [0.05, 0.1) is 29.0 Å². The third kappa shape index (κ3) is 3.33. The van der Waals surface area contributed by atoms with E-state index in [4.69, 9.17) is 31.3 Å². The molecule has 0 aromatic carbocycles. The van der Waals surface area contributed by atoms with Crippen LogP contribution in [-0.2, 0) is 17.6 Å². The summed E-state index contributed by atoms with van der Waals surface area (Å²) in [5.41, 5.74) is 6.41. The molecule has 0 unspecified atom stereocenters. The highest BCUT2D eigenvalue weighted by Gasteiger charge is 2.20. The van der Waals surface area contributed by atoms with Crippen molar-refractivity contribution >= 4 is 22.9 Å². The average molecular weight is 399 g/mol. The lowest BCUT2D eigenvalue weighted by Crippen LogP contribution is -2.28. The quantitative estimate of drug-likeness (QED) is 0.726. The number of halogens is 1. The van der Waals surface area contributed by atoms with Crippen LogP contribution in [0.4, 0.5) is 5.69 Å². The Morgan fingerprint density at radius 2 is 1.86 bits per heavy atom. The zero-order valence-electron chi connectivity index (χ0n) is 15.9. The molecule has 0 atom stereocenters. The average Bonchev–Trinajstić information content (AvgIpc) is 3.12. The second kappa shape index (κ2) is 7.29. The van der Waals surface area contributed by atoms with Crippen molar-refractivity contribution in [3.05, 3.63) is 34.5 Å². The van der Waals surface area contributed by atoms with Crippen LogP contribution in [0.1, 0.15) is 42.8 Å². The minimum absolute atomic E-state index is 0.349. The first-order valence-electron chi connectivity index (χ1n) is 9.94. The van der Waals surface area contributed by atoms with E-state index in [-0.39, 0.29) is 0 Å². The number of nitrogens with zero attached hydrogens (tertiary/aromatic N) is 5. The van der Waals surface area contributed by atoms with Crippen LogP contribution in [0.15, 0.2) is 12.3 Å². The first kappa shape index (κ1) is 17.8. The number of nitrogens with one attached hydrogen (secondary N) is 1. The van der Waals surface area contributed by atoms with Gasteiger partial charge in [0.2, 0.25) is 0 Å². The molecule has 1 aliphatic heterocycles. The zero-order chi connectivity index (χ0) is 19.1. The monoisotopic (exact) mass is 398 g/mol. The Morgan fingerprint density at radius 1 is 1.11 bits per heavy atom.